The largest absolute Gasteiger partial charge is 0.416 e. The van der Waals surface area contributed by atoms with Crippen LogP contribution in [0.5, 0.6) is 0 Å². The lowest BCUT2D eigenvalue weighted by Gasteiger charge is -2.11. The fourth-order valence-electron chi connectivity index (χ4n) is 3.42. The molecular formula is C22H14F4N8O. The van der Waals surface area contributed by atoms with Gasteiger partial charge in [-0.25, -0.2) is 23.6 Å². The van der Waals surface area contributed by atoms with Crippen LogP contribution in [0.4, 0.5) is 29.1 Å². The fourth-order valence-corrected chi connectivity index (χ4v) is 3.42. The molecule has 35 heavy (non-hydrogen) atoms. The number of halogens is 4. The number of benzene rings is 2. The molecule has 0 atom stereocenters. The Morgan fingerprint density at radius 1 is 1.03 bits per heavy atom. The second-order valence-electron chi connectivity index (χ2n) is 7.40. The number of nitrogens with one attached hydrogen (secondary N) is 1. The molecule has 0 saturated heterocycles. The van der Waals surface area contributed by atoms with Crippen LogP contribution in [0.3, 0.4) is 0 Å². The van der Waals surface area contributed by atoms with E-state index in [2.05, 4.69) is 25.5 Å². The van der Waals surface area contributed by atoms with Gasteiger partial charge >= 0.3 is 6.18 Å². The molecule has 5 aromatic rings. The average molecular weight is 482 g/mol. The van der Waals surface area contributed by atoms with Gasteiger partial charge < -0.3 is 11.1 Å². The van der Waals surface area contributed by atoms with E-state index in [1.807, 2.05) is 0 Å². The third-order valence-corrected chi connectivity index (χ3v) is 5.11. The number of carbonyl (C=O) groups excluding carboxylic acids is 1. The molecule has 0 aliphatic rings. The zero-order valence-electron chi connectivity index (χ0n) is 17.5. The number of alkyl halides is 3. The second-order valence-corrected chi connectivity index (χ2v) is 7.40. The van der Waals surface area contributed by atoms with Gasteiger partial charge in [0, 0.05) is 23.0 Å². The molecule has 0 fully saturated rings. The van der Waals surface area contributed by atoms with E-state index >= 15 is 0 Å². The third kappa shape index (κ3) is 4.14. The number of hydrogen-bond acceptors (Lipinski definition) is 6. The first-order valence-corrected chi connectivity index (χ1v) is 9.98. The number of carbonyl (C=O) groups is 1. The molecule has 0 saturated carbocycles. The number of nitrogens with two attached hydrogens (primary N) is 1. The number of anilines is 2. The van der Waals surface area contributed by atoms with Gasteiger partial charge in [-0.3, -0.25) is 4.79 Å². The first kappa shape index (κ1) is 22.0. The normalized spacial score (nSPS) is 11.7. The minimum Gasteiger partial charge on any atom is -0.381 e. The van der Waals surface area contributed by atoms with Crippen molar-refractivity contribution in [3.8, 4) is 16.9 Å². The van der Waals surface area contributed by atoms with Gasteiger partial charge in [-0.1, -0.05) is 6.07 Å². The Morgan fingerprint density at radius 3 is 2.66 bits per heavy atom. The highest BCUT2D eigenvalue weighted by atomic mass is 19.4. The Kier molecular flexibility index (Phi) is 5.16. The highest BCUT2D eigenvalue weighted by Gasteiger charge is 2.31. The Labute approximate surface area is 193 Å². The van der Waals surface area contributed by atoms with E-state index in [0.717, 1.165) is 24.3 Å². The number of fused-ring (bicyclic) bond motifs is 1. The van der Waals surface area contributed by atoms with Crippen molar-refractivity contribution < 1.29 is 22.4 Å². The molecule has 1 amide bonds. The fraction of sp³-hybridized carbons (Fsp3) is 0.0455. The molecular weight excluding hydrogens is 468 g/mol. The van der Waals surface area contributed by atoms with Crippen molar-refractivity contribution in [1.82, 2.24) is 29.4 Å². The molecule has 0 aliphatic heterocycles. The molecule has 0 bridgehead atoms. The zero-order valence-corrected chi connectivity index (χ0v) is 17.5. The van der Waals surface area contributed by atoms with Crippen molar-refractivity contribution in [1.29, 1.82) is 0 Å². The van der Waals surface area contributed by atoms with Crippen molar-refractivity contribution in [3.05, 3.63) is 84.3 Å². The lowest BCUT2D eigenvalue weighted by atomic mass is 10.1. The van der Waals surface area contributed by atoms with E-state index in [9.17, 15) is 22.4 Å². The maximum Gasteiger partial charge on any atom is 0.416 e. The first-order valence-electron chi connectivity index (χ1n) is 9.98. The van der Waals surface area contributed by atoms with E-state index in [0.29, 0.717) is 16.9 Å². The number of hydrogen-bond donors (Lipinski definition) is 2. The van der Waals surface area contributed by atoms with Crippen LogP contribution >= 0.6 is 0 Å². The highest BCUT2D eigenvalue weighted by molar-refractivity contribution is 6.04. The third-order valence-electron chi connectivity index (χ3n) is 5.11. The molecule has 176 valence electrons. The smallest absolute Gasteiger partial charge is 0.381 e. The molecule has 3 N–H and O–H groups in total. The van der Waals surface area contributed by atoms with Crippen LogP contribution in [0.25, 0.3) is 22.6 Å². The topological polar surface area (TPSA) is 116 Å². The monoisotopic (exact) mass is 482 g/mol. The van der Waals surface area contributed by atoms with Crippen LogP contribution in [0.15, 0.2) is 67.4 Å². The minimum atomic E-state index is -4.59. The van der Waals surface area contributed by atoms with Crippen LogP contribution in [-0.4, -0.2) is 35.3 Å². The minimum absolute atomic E-state index is 0.000975. The maximum atomic E-state index is 14.6. The molecule has 0 aliphatic carbocycles. The van der Waals surface area contributed by atoms with Crippen molar-refractivity contribution >= 4 is 23.1 Å². The Hall–Kier alpha value is -4.81. The molecule has 3 heterocycles. The van der Waals surface area contributed by atoms with Crippen molar-refractivity contribution in [2.24, 2.45) is 0 Å². The van der Waals surface area contributed by atoms with Crippen LogP contribution in [0.1, 0.15) is 15.9 Å². The Balaban J connectivity index is 1.43. The van der Waals surface area contributed by atoms with Gasteiger partial charge in [0.1, 0.15) is 17.8 Å². The van der Waals surface area contributed by atoms with Crippen LogP contribution in [-0.2, 0) is 6.18 Å². The summed E-state index contributed by atoms with van der Waals surface area (Å²) in [5.74, 6) is -1.23. The summed E-state index contributed by atoms with van der Waals surface area (Å²) in [4.78, 5) is 20.6. The van der Waals surface area contributed by atoms with Gasteiger partial charge in [0.15, 0.2) is 11.5 Å². The summed E-state index contributed by atoms with van der Waals surface area (Å²) < 4.78 is 56.2. The number of rotatable bonds is 4. The van der Waals surface area contributed by atoms with Gasteiger partial charge in [0.25, 0.3) is 5.91 Å². The van der Waals surface area contributed by atoms with E-state index < -0.39 is 23.5 Å². The standard InChI is InChI=1S/C22H14F4N8O/c23-16-5-4-15(32-21(35)12-2-1-3-14(6-12)22(24,25)26)7-17(16)33-10-13(8-30-33)18-9-28-20-19(27)29-11-31-34(18)20/h1-11H,(H,32,35)(H2,27,29,31). The lowest BCUT2D eigenvalue weighted by Crippen LogP contribution is -2.14. The SMILES string of the molecule is Nc1ncnn2c(-c3cnn(-c4cc(NC(=O)c5cccc(C(F)(F)F)c5)ccc4F)c3)cnc12. The second kappa shape index (κ2) is 8.20. The molecule has 5 rings (SSSR count). The van der Waals surface area contributed by atoms with E-state index in [-0.39, 0.29) is 22.8 Å². The van der Waals surface area contributed by atoms with Gasteiger partial charge in [0.05, 0.1) is 23.7 Å². The molecule has 0 spiro atoms. The predicted molar refractivity (Wildman–Crippen MR) is 117 cm³/mol. The van der Waals surface area contributed by atoms with Gasteiger partial charge in [0.2, 0.25) is 0 Å². The van der Waals surface area contributed by atoms with Crippen molar-refractivity contribution in [3.63, 3.8) is 0 Å². The summed E-state index contributed by atoms with van der Waals surface area (Å²) in [7, 11) is 0. The zero-order chi connectivity index (χ0) is 24.7. The number of imidazole rings is 1. The van der Waals surface area contributed by atoms with Crippen LogP contribution in [0, 0.1) is 5.82 Å². The summed E-state index contributed by atoms with van der Waals surface area (Å²) in [6.45, 7) is 0. The number of nitrogens with zero attached hydrogens (tertiary/aromatic N) is 6. The van der Waals surface area contributed by atoms with Gasteiger partial charge in [-0.2, -0.15) is 23.4 Å². The molecule has 3 aromatic heterocycles. The van der Waals surface area contributed by atoms with E-state index in [1.165, 1.54) is 52.3 Å². The average Bonchev–Trinajstić information content (AvgIpc) is 3.48. The van der Waals surface area contributed by atoms with Crippen LogP contribution < -0.4 is 11.1 Å². The van der Waals surface area contributed by atoms with E-state index in [4.69, 9.17) is 5.73 Å². The predicted octanol–water partition coefficient (Wildman–Crippen LogP) is 3.97. The summed E-state index contributed by atoms with van der Waals surface area (Å²) in [6.07, 6.45) is 1.20. The Morgan fingerprint density at radius 2 is 1.86 bits per heavy atom. The Bertz CT molecular complexity index is 1570. The lowest BCUT2D eigenvalue weighted by molar-refractivity contribution is -0.137. The molecule has 0 radical (unpaired) electrons. The van der Waals surface area contributed by atoms with E-state index in [1.54, 1.807) is 0 Å². The highest BCUT2D eigenvalue weighted by Crippen LogP contribution is 2.30. The van der Waals surface area contributed by atoms with Crippen molar-refractivity contribution in [2.75, 3.05) is 11.1 Å². The van der Waals surface area contributed by atoms with Crippen LogP contribution in [0.2, 0.25) is 0 Å². The number of nitrogen functional groups attached to an aromatic ring is 1. The molecule has 2 aromatic carbocycles. The van der Waals surface area contributed by atoms with Crippen molar-refractivity contribution in [2.45, 2.75) is 6.18 Å². The summed E-state index contributed by atoms with van der Waals surface area (Å²) >= 11 is 0. The summed E-state index contributed by atoms with van der Waals surface area (Å²) in [5.41, 5.74) is 6.25. The number of aromatic nitrogens is 6. The van der Waals surface area contributed by atoms with Gasteiger partial charge in [-0.05, 0) is 36.4 Å². The maximum absolute atomic E-state index is 14.6. The molecule has 0 unspecified atom stereocenters. The molecule has 13 heteroatoms. The summed E-state index contributed by atoms with van der Waals surface area (Å²) in [5, 5.41) is 10.8. The quantitative estimate of drug-likeness (QED) is 0.375. The molecule has 9 nitrogen and oxygen atoms in total. The summed E-state index contributed by atoms with van der Waals surface area (Å²) in [6, 6.07) is 7.71. The number of amides is 1. The van der Waals surface area contributed by atoms with Gasteiger partial charge in [-0.15, -0.1) is 0 Å². The first-order chi connectivity index (χ1) is 16.7.